The molecule has 32 heavy (non-hydrogen) atoms. The Hall–Kier alpha value is -3.45. The topological polar surface area (TPSA) is 70.6 Å². The number of hydrogen-bond acceptors (Lipinski definition) is 6. The van der Waals surface area contributed by atoms with Crippen molar-refractivity contribution in [1.29, 1.82) is 0 Å². The Morgan fingerprint density at radius 3 is 2.53 bits per heavy atom. The Kier molecular flexibility index (Phi) is 6.66. The molecule has 1 saturated heterocycles. The van der Waals surface area contributed by atoms with E-state index in [-0.39, 0.29) is 18.1 Å². The van der Waals surface area contributed by atoms with E-state index in [0.29, 0.717) is 24.6 Å². The highest BCUT2D eigenvalue weighted by Crippen LogP contribution is 2.27. The zero-order chi connectivity index (χ0) is 22.5. The highest BCUT2D eigenvalue weighted by atomic mass is 16.5. The van der Waals surface area contributed by atoms with Gasteiger partial charge in [0.1, 0.15) is 5.75 Å². The molecule has 1 fully saturated rings. The molecule has 0 aliphatic carbocycles. The van der Waals surface area contributed by atoms with E-state index in [4.69, 9.17) is 4.74 Å². The molecule has 2 aromatic carbocycles. The van der Waals surface area contributed by atoms with Crippen LogP contribution in [-0.4, -0.2) is 58.5 Å². The van der Waals surface area contributed by atoms with E-state index in [0.717, 1.165) is 18.0 Å². The summed E-state index contributed by atoms with van der Waals surface area (Å²) in [6, 6.07) is 17.6. The predicted octanol–water partition coefficient (Wildman–Crippen LogP) is 4.14. The number of carbonyl (C=O) groups excluding carboxylic acids is 1. The third kappa shape index (κ3) is 5.23. The molecule has 0 spiro atoms. The maximum atomic E-state index is 13.3. The van der Waals surface area contributed by atoms with Crippen LogP contribution >= 0.6 is 0 Å². The largest absolute Gasteiger partial charge is 0.491 e. The Bertz CT molecular complexity index is 1040. The number of amides is 1. The summed E-state index contributed by atoms with van der Waals surface area (Å²) in [6.45, 7) is 6.18. The number of carbonyl (C=O) groups is 1. The molecule has 2 heterocycles. The number of anilines is 2. The smallest absolute Gasteiger partial charge is 0.254 e. The minimum Gasteiger partial charge on any atom is -0.491 e. The number of rotatable bonds is 6. The Morgan fingerprint density at radius 1 is 1.06 bits per heavy atom. The standard InChI is InChI=1S/C25H29N5O2/c1-18(2)32-22-10-8-19(9-11-22)23-17-30(15-14-29(23)3)24(31)20-6-4-7-21(16-20)28-25-26-12-5-13-27-25/h4-13,16,18,23H,14-15,17H2,1-3H3,(H,26,27,28)/t23-/m0/s1. The number of ether oxygens (including phenoxy) is 1. The number of piperazine rings is 1. The molecular weight excluding hydrogens is 402 g/mol. The van der Waals surface area contributed by atoms with Crippen LogP contribution in [0.5, 0.6) is 5.75 Å². The maximum Gasteiger partial charge on any atom is 0.254 e. The van der Waals surface area contributed by atoms with Crippen LogP contribution in [-0.2, 0) is 0 Å². The summed E-state index contributed by atoms with van der Waals surface area (Å²) in [6.07, 6.45) is 3.50. The first-order valence-electron chi connectivity index (χ1n) is 10.9. The molecule has 0 unspecified atom stereocenters. The minimum absolute atomic E-state index is 0.0282. The quantitative estimate of drug-likeness (QED) is 0.633. The molecule has 0 saturated carbocycles. The third-order valence-electron chi connectivity index (χ3n) is 5.50. The molecule has 1 N–H and O–H groups in total. The number of nitrogens with one attached hydrogen (secondary N) is 1. The van der Waals surface area contributed by atoms with Gasteiger partial charge < -0.3 is 15.0 Å². The minimum atomic E-state index is 0.0282. The molecule has 0 radical (unpaired) electrons. The molecule has 1 aliphatic heterocycles. The van der Waals surface area contributed by atoms with Crippen LogP contribution in [0.15, 0.2) is 67.0 Å². The normalized spacial score (nSPS) is 16.8. The van der Waals surface area contributed by atoms with Crippen molar-refractivity contribution in [3.8, 4) is 5.75 Å². The van der Waals surface area contributed by atoms with E-state index in [9.17, 15) is 4.79 Å². The van der Waals surface area contributed by atoms with Crippen molar-refractivity contribution in [3.05, 3.63) is 78.1 Å². The van der Waals surface area contributed by atoms with Gasteiger partial charge >= 0.3 is 0 Å². The highest BCUT2D eigenvalue weighted by Gasteiger charge is 2.29. The molecule has 7 nitrogen and oxygen atoms in total. The molecule has 1 aliphatic rings. The van der Waals surface area contributed by atoms with Crippen LogP contribution in [0, 0.1) is 0 Å². The molecular formula is C25H29N5O2. The lowest BCUT2D eigenvalue weighted by atomic mass is 10.0. The summed E-state index contributed by atoms with van der Waals surface area (Å²) in [5.41, 5.74) is 2.61. The molecule has 7 heteroatoms. The number of benzene rings is 2. The molecule has 1 amide bonds. The Labute approximate surface area is 189 Å². The second-order valence-corrected chi connectivity index (χ2v) is 8.26. The average molecular weight is 432 g/mol. The molecule has 166 valence electrons. The van der Waals surface area contributed by atoms with E-state index in [2.05, 4.69) is 39.4 Å². The van der Waals surface area contributed by atoms with Crippen LogP contribution in [0.3, 0.4) is 0 Å². The first-order chi connectivity index (χ1) is 15.5. The lowest BCUT2D eigenvalue weighted by Gasteiger charge is -2.39. The molecule has 1 aromatic heterocycles. The van der Waals surface area contributed by atoms with Gasteiger partial charge in [0.15, 0.2) is 0 Å². The van der Waals surface area contributed by atoms with Gasteiger partial charge in [0.25, 0.3) is 5.91 Å². The summed E-state index contributed by atoms with van der Waals surface area (Å²) >= 11 is 0. The van der Waals surface area contributed by atoms with Crippen molar-refractivity contribution in [2.45, 2.75) is 26.0 Å². The van der Waals surface area contributed by atoms with Gasteiger partial charge in [-0.3, -0.25) is 9.69 Å². The van der Waals surface area contributed by atoms with E-state index in [1.807, 2.05) is 55.1 Å². The molecule has 1 atom stereocenters. The number of aromatic nitrogens is 2. The van der Waals surface area contributed by atoms with Crippen LogP contribution < -0.4 is 10.1 Å². The summed E-state index contributed by atoms with van der Waals surface area (Å²) in [5, 5.41) is 3.15. The van der Waals surface area contributed by atoms with Crippen molar-refractivity contribution >= 4 is 17.5 Å². The fourth-order valence-corrected chi connectivity index (χ4v) is 3.86. The van der Waals surface area contributed by atoms with Gasteiger partial charge in [-0.2, -0.15) is 0 Å². The van der Waals surface area contributed by atoms with Crippen LogP contribution in [0.1, 0.15) is 35.8 Å². The van der Waals surface area contributed by atoms with Gasteiger partial charge in [0.2, 0.25) is 5.95 Å². The van der Waals surface area contributed by atoms with Crippen molar-refractivity contribution in [3.63, 3.8) is 0 Å². The van der Waals surface area contributed by atoms with Gasteiger partial charge in [-0.15, -0.1) is 0 Å². The molecule has 4 rings (SSSR count). The Morgan fingerprint density at radius 2 is 1.81 bits per heavy atom. The zero-order valence-electron chi connectivity index (χ0n) is 18.7. The SMILES string of the molecule is CC(C)Oc1ccc([C@@H]2CN(C(=O)c3cccc(Nc4ncccn4)c3)CCN2C)cc1. The predicted molar refractivity (Wildman–Crippen MR) is 125 cm³/mol. The number of nitrogens with zero attached hydrogens (tertiary/aromatic N) is 4. The fourth-order valence-electron chi connectivity index (χ4n) is 3.86. The van der Waals surface area contributed by atoms with E-state index < -0.39 is 0 Å². The number of likely N-dealkylation sites (N-methyl/N-ethyl adjacent to an activating group) is 1. The highest BCUT2D eigenvalue weighted by molar-refractivity contribution is 5.95. The van der Waals surface area contributed by atoms with Gasteiger partial charge in [-0.25, -0.2) is 9.97 Å². The summed E-state index contributed by atoms with van der Waals surface area (Å²) in [7, 11) is 2.11. The Balaban J connectivity index is 1.47. The average Bonchev–Trinajstić information content (AvgIpc) is 2.80. The summed E-state index contributed by atoms with van der Waals surface area (Å²) < 4.78 is 5.76. The van der Waals surface area contributed by atoms with Gasteiger partial charge in [0, 0.05) is 43.3 Å². The van der Waals surface area contributed by atoms with Gasteiger partial charge in [0.05, 0.1) is 12.1 Å². The monoisotopic (exact) mass is 431 g/mol. The van der Waals surface area contributed by atoms with E-state index >= 15 is 0 Å². The lowest BCUT2D eigenvalue weighted by Crippen LogP contribution is -2.49. The van der Waals surface area contributed by atoms with Crippen molar-refractivity contribution in [1.82, 2.24) is 19.8 Å². The van der Waals surface area contributed by atoms with Crippen LogP contribution in [0.4, 0.5) is 11.6 Å². The fraction of sp³-hybridized carbons (Fsp3) is 0.320. The van der Waals surface area contributed by atoms with Crippen molar-refractivity contribution in [2.24, 2.45) is 0 Å². The van der Waals surface area contributed by atoms with Gasteiger partial charge in [-0.1, -0.05) is 18.2 Å². The summed E-state index contributed by atoms with van der Waals surface area (Å²) in [4.78, 5) is 25.9. The summed E-state index contributed by atoms with van der Waals surface area (Å²) in [5.74, 6) is 1.39. The van der Waals surface area contributed by atoms with Gasteiger partial charge in [-0.05, 0) is 62.9 Å². The van der Waals surface area contributed by atoms with E-state index in [1.54, 1.807) is 18.5 Å². The van der Waals surface area contributed by atoms with Crippen molar-refractivity contribution < 1.29 is 9.53 Å². The second-order valence-electron chi connectivity index (χ2n) is 8.26. The second kappa shape index (κ2) is 9.78. The molecule has 0 bridgehead atoms. The van der Waals surface area contributed by atoms with E-state index in [1.165, 1.54) is 5.56 Å². The first kappa shape index (κ1) is 21.8. The first-order valence-corrected chi connectivity index (χ1v) is 10.9. The third-order valence-corrected chi connectivity index (χ3v) is 5.50. The lowest BCUT2D eigenvalue weighted by molar-refractivity contribution is 0.0546. The molecule has 3 aromatic rings. The van der Waals surface area contributed by atoms with Crippen LogP contribution in [0.25, 0.3) is 0 Å². The van der Waals surface area contributed by atoms with Crippen LogP contribution in [0.2, 0.25) is 0 Å². The van der Waals surface area contributed by atoms with Crippen molar-refractivity contribution in [2.75, 3.05) is 32.0 Å². The number of hydrogen-bond donors (Lipinski definition) is 1. The zero-order valence-corrected chi connectivity index (χ0v) is 18.7. The maximum absolute atomic E-state index is 13.3.